The van der Waals surface area contributed by atoms with Gasteiger partial charge in [-0.15, -0.1) is 0 Å². The number of aryl methyl sites for hydroxylation is 2. The maximum absolute atomic E-state index is 13.1. The van der Waals surface area contributed by atoms with Crippen molar-refractivity contribution >= 4 is 23.3 Å². The molecule has 2 aromatic rings. The number of rotatable bonds is 14. The Hall–Kier alpha value is -2.86. The third-order valence-corrected chi connectivity index (χ3v) is 5.82. The zero-order valence-electron chi connectivity index (χ0n) is 21.3. The Morgan fingerprint density at radius 2 is 1.74 bits per heavy atom. The van der Waals surface area contributed by atoms with E-state index in [2.05, 4.69) is 43.5 Å². The highest BCUT2D eigenvalue weighted by molar-refractivity contribution is 6.03. The summed E-state index contributed by atoms with van der Waals surface area (Å²) in [6.45, 7) is 11.4. The van der Waals surface area contributed by atoms with Crippen molar-refractivity contribution in [2.75, 3.05) is 23.8 Å². The van der Waals surface area contributed by atoms with Gasteiger partial charge < -0.3 is 20.1 Å². The van der Waals surface area contributed by atoms with Crippen molar-refractivity contribution in [3.63, 3.8) is 0 Å². The van der Waals surface area contributed by atoms with E-state index in [0.29, 0.717) is 24.3 Å². The summed E-state index contributed by atoms with van der Waals surface area (Å²) in [4.78, 5) is 25.5. The van der Waals surface area contributed by atoms with Crippen molar-refractivity contribution in [1.29, 1.82) is 0 Å². The number of unbranched alkanes of at least 4 members (excludes halogenated alkanes) is 3. The quantitative estimate of drug-likeness (QED) is 0.248. The van der Waals surface area contributed by atoms with Gasteiger partial charge in [0.05, 0.1) is 24.5 Å². The first-order valence-electron chi connectivity index (χ1n) is 12.4. The number of nitrogens with one attached hydrogen (secondary N) is 2. The molecule has 2 N–H and O–H groups in total. The van der Waals surface area contributed by atoms with Crippen LogP contribution in [0.2, 0.25) is 0 Å². The van der Waals surface area contributed by atoms with Gasteiger partial charge in [-0.25, -0.2) is 4.79 Å². The van der Waals surface area contributed by atoms with Gasteiger partial charge in [0.2, 0.25) is 0 Å². The van der Waals surface area contributed by atoms with Crippen molar-refractivity contribution in [3.05, 3.63) is 58.7 Å². The molecule has 0 aromatic heterocycles. The average Bonchev–Trinajstić information content (AvgIpc) is 2.82. The molecule has 1 atom stereocenters. The van der Waals surface area contributed by atoms with E-state index in [1.54, 1.807) is 19.1 Å². The van der Waals surface area contributed by atoms with Gasteiger partial charge in [-0.1, -0.05) is 51.3 Å². The van der Waals surface area contributed by atoms with E-state index < -0.39 is 12.1 Å². The van der Waals surface area contributed by atoms with Gasteiger partial charge >= 0.3 is 5.97 Å². The largest absolute Gasteiger partial charge is 0.462 e. The number of carbonyl (C=O) groups excluding carboxylic acids is 2. The van der Waals surface area contributed by atoms with Crippen molar-refractivity contribution in [2.24, 2.45) is 0 Å². The van der Waals surface area contributed by atoms with Crippen molar-refractivity contribution in [1.82, 2.24) is 0 Å². The second-order valence-electron chi connectivity index (χ2n) is 8.58. The van der Waals surface area contributed by atoms with Crippen LogP contribution in [0.4, 0.5) is 11.4 Å². The van der Waals surface area contributed by atoms with Crippen molar-refractivity contribution < 1.29 is 19.1 Å². The van der Waals surface area contributed by atoms with Gasteiger partial charge in [0.25, 0.3) is 5.91 Å². The van der Waals surface area contributed by atoms with Gasteiger partial charge in [0.15, 0.2) is 0 Å². The molecule has 0 bridgehead atoms. The molecule has 6 heteroatoms. The van der Waals surface area contributed by atoms with E-state index >= 15 is 0 Å². The van der Waals surface area contributed by atoms with Crippen LogP contribution in [0.3, 0.4) is 0 Å². The monoisotopic (exact) mass is 468 g/mol. The lowest BCUT2D eigenvalue weighted by Gasteiger charge is -2.18. The fourth-order valence-corrected chi connectivity index (χ4v) is 3.61. The number of benzene rings is 2. The zero-order chi connectivity index (χ0) is 24.9. The molecule has 0 saturated heterocycles. The molecule has 0 spiro atoms. The molecule has 0 radical (unpaired) electrons. The van der Waals surface area contributed by atoms with Crippen LogP contribution < -0.4 is 10.6 Å². The number of hydrogen-bond donors (Lipinski definition) is 2. The van der Waals surface area contributed by atoms with E-state index in [4.69, 9.17) is 9.47 Å². The minimum atomic E-state index is -0.637. The summed E-state index contributed by atoms with van der Waals surface area (Å²) in [5, 5.41) is 6.28. The molecule has 1 unspecified atom stereocenters. The number of ether oxygens (including phenoxy) is 2. The molecule has 0 aliphatic heterocycles. The molecular formula is C28H40N2O4. The lowest BCUT2D eigenvalue weighted by atomic mass is 10.1. The average molecular weight is 469 g/mol. The van der Waals surface area contributed by atoms with Crippen LogP contribution in [-0.4, -0.2) is 31.1 Å². The highest BCUT2D eigenvalue weighted by atomic mass is 16.5. The number of carbonyl (C=O) groups is 2. The van der Waals surface area contributed by atoms with Gasteiger partial charge in [-0.3, -0.25) is 4.79 Å². The molecule has 1 amide bonds. The fraction of sp³-hybridized carbons (Fsp3) is 0.500. The van der Waals surface area contributed by atoms with Crippen LogP contribution in [0.5, 0.6) is 0 Å². The lowest BCUT2D eigenvalue weighted by molar-refractivity contribution is -0.128. The molecule has 0 aliphatic carbocycles. The molecule has 2 rings (SSSR count). The molecule has 0 fully saturated rings. The van der Waals surface area contributed by atoms with Crippen molar-refractivity contribution in [3.8, 4) is 0 Å². The highest BCUT2D eigenvalue weighted by Gasteiger charge is 2.21. The van der Waals surface area contributed by atoms with Gasteiger partial charge in [0.1, 0.15) is 6.10 Å². The van der Waals surface area contributed by atoms with Crippen LogP contribution >= 0.6 is 0 Å². The summed E-state index contributed by atoms with van der Waals surface area (Å²) in [5.41, 5.74) is 5.04. The predicted molar refractivity (Wildman–Crippen MR) is 138 cm³/mol. The summed E-state index contributed by atoms with van der Waals surface area (Å²) < 4.78 is 11.1. The number of esters is 1. The Labute approximate surface area is 204 Å². The minimum Gasteiger partial charge on any atom is -0.462 e. The molecule has 0 aliphatic rings. The highest BCUT2D eigenvalue weighted by Crippen LogP contribution is 2.23. The number of anilines is 2. The SMILES string of the molecule is CCCCCCNc1ccc(C(=O)OCC)c(NC(=O)C(CC)OCc2ccc(C)c(C)c2)c1. The summed E-state index contributed by atoms with van der Waals surface area (Å²) in [7, 11) is 0. The molecular weight excluding hydrogens is 428 g/mol. The van der Waals surface area contributed by atoms with E-state index in [-0.39, 0.29) is 12.5 Å². The van der Waals surface area contributed by atoms with Crippen LogP contribution in [0.15, 0.2) is 36.4 Å². The Balaban J connectivity index is 2.10. The van der Waals surface area contributed by atoms with Gasteiger partial charge in [-0.05, 0) is 68.5 Å². The van der Waals surface area contributed by atoms with Crippen molar-refractivity contribution in [2.45, 2.75) is 79.4 Å². The zero-order valence-corrected chi connectivity index (χ0v) is 21.3. The first-order valence-corrected chi connectivity index (χ1v) is 12.4. The van der Waals surface area contributed by atoms with Gasteiger partial charge in [0, 0.05) is 12.2 Å². The van der Waals surface area contributed by atoms with Crippen LogP contribution in [-0.2, 0) is 20.9 Å². The molecule has 34 heavy (non-hydrogen) atoms. The van der Waals surface area contributed by atoms with Crippen LogP contribution in [0, 0.1) is 13.8 Å². The minimum absolute atomic E-state index is 0.264. The van der Waals surface area contributed by atoms with E-state index in [1.807, 2.05) is 19.1 Å². The summed E-state index contributed by atoms with van der Waals surface area (Å²) in [5.74, 6) is -0.742. The number of amides is 1. The molecule has 6 nitrogen and oxygen atoms in total. The first-order chi connectivity index (χ1) is 16.4. The second-order valence-corrected chi connectivity index (χ2v) is 8.58. The van der Waals surface area contributed by atoms with Gasteiger partial charge in [-0.2, -0.15) is 0 Å². The predicted octanol–water partition coefficient (Wildman–Crippen LogP) is 6.41. The van der Waals surface area contributed by atoms with E-state index in [0.717, 1.165) is 24.2 Å². The Morgan fingerprint density at radius 3 is 2.41 bits per heavy atom. The first kappa shape index (κ1) is 27.4. The molecule has 0 heterocycles. The van der Waals surface area contributed by atoms with Crippen LogP contribution in [0.1, 0.15) is 79.9 Å². The summed E-state index contributed by atoms with van der Waals surface area (Å²) in [6.07, 6.45) is 4.52. The Morgan fingerprint density at radius 1 is 0.941 bits per heavy atom. The normalized spacial score (nSPS) is 11.7. The lowest BCUT2D eigenvalue weighted by Crippen LogP contribution is -2.30. The summed E-state index contributed by atoms with van der Waals surface area (Å²) in [6, 6.07) is 11.5. The maximum atomic E-state index is 13.1. The topological polar surface area (TPSA) is 76.7 Å². The molecule has 0 saturated carbocycles. The molecule has 186 valence electrons. The summed E-state index contributed by atoms with van der Waals surface area (Å²) >= 11 is 0. The van der Waals surface area contributed by atoms with E-state index in [9.17, 15) is 9.59 Å². The Bertz CT molecular complexity index is 942. The Kier molecular flexibility index (Phi) is 11.6. The van der Waals surface area contributed by atoms with Crippen LogP contribution in [0.25, 0.3) is 0 Å². The van der Waals surface area contributed by atoms with E-state index in [1.165, 1.54) is 30.4 Å². The maximum Gasteiger partial charge on any atom is 0.340 e. The second kappa shape index (κ2) is 14.4. The third-order valence-electron chi connectivity index (χ3n) is 5.82. The fourth-order valence-electron chi connectivity index (χ4n) is 3.61. The standard InChI is InChI=1S/C28H40N2O4/c1-6-9-10-11-16-29-23-14-15-24(28(32)33-8-3)25(18-23)30-27(31)26(7-2)34-19-22-13-12-20(4)21(5)17-22/h12-15,17-18,26,29H,6-11,16,19H2,1-5H3,(H,30,31). The number of hydrogen-bond acceptors (Lipinski definition) is 5. The molecule has 2 aromatic carbocycles. The smallest absolute Gasteiger partial charge is 0.340 e. The third kappa shape index (κ3) is 8.49.